The number of carboxylic acids is 1. The first-order valence-electron chi connectivity index (χ1n) is 7.14. The normalized spacial score (nSPS) is 14.8. The minimum atomic E-state index is -1.19. The Kier molecular flexibility index (Phi) is 5.50. The van der Waals surface area contributed by atoms with Crippen molar-refractivity contribution in [1.82, 2.24) is 10.2 Å². The van der Waals surface area contributed by atoms with Gasteiger partial charge in [0.1, 0.15) is 12.6 Å². The molecule has 126 valence electrons. The number of benzene rings is 1. The van der Waals surface area contributed by atoms with E-state index in [1.165, 1.54) is 12.1 Å². The molecule has 8 heteroatoms. The average molecular weight is 395 g/mol. The van der Waals surface area contributed by atoms with Crippen LogP contribution < -0.4 is 5.32 Å². The molecule has 0 spiro atoms. The molecule has 3 amide bonds. The van der Waals surface area contributed by atoms with Crippen LogP contribution in [0.4, 0.5) is 0 Å². The number of amides is 3. The zero-order valence-corrected chi connectivity index (χ0v) is 14.4. The predicted molar refractivity (Wildman–Crippen MR) is 88.5 cm³/mol. The predicted octanol–water partition coefficient (Wildman–Crippen LogP) is 1.58. The van der Waals surface area contributed by atoms with Gasteiger partial charge in [0.25, 0.3) is 11.8 Å². The second-order valence-electron chi connectivity index (χ2n) is 5.15. The molecule has 1 heterocycles. The summed E-state index contributed by atoms with van der Waals surface area (Å²) in [6.45, 7) is 1.21. The highest BCUT2D eigenvalue weighted by atomic mass is 79.9. The Hall–Kier alpha value is -2.48. The number of allylic oxidation sites excluding steroid dienone is 1. The summed E-state index contributed by atoms with van der Waals surface area (Å²) in [5, 5.41) is 11.4. The zero-order valence-electron chi connectivity index (χ0n) is 12.8. The lowest BCUT2D eigenvalue weighted by atomic mass is 10.1. The third kappa shape index (κ3) is 3.70. The van der Waals surface area contributed by atoms with Crippen LogP contribution in [0.25, 0.3) is 0 Å². The number of carbonyl (C=O) groups is 4. The van der Waals surface area contributed by atoms with Crippen LogP contribution in [0.15, 0.2) is 34.8 Å². The van der Waals surface area contributed by atoms with Gasteiger partial charge in [0.2, 0.25) is 5.91 Å². The monoisotopic (exact) mass is 394 g/mol. The van der Waals surface area contributed by atoms with Gasteiger partial charge in [0, 0.05) is 4.47 Å². The SMILES string of the molecule is C/C=C/CC(NC(=O)CN1C(=O)c2ccc(Br)cc2C1=O)C(=O)O. The van der Waals surface area contributed by atoms with Gasteiger partial charge in [0.05, 0.1) is 11.1 Å². The van der Waals surface area contributed by atoms with Crippen LogP contribution in [0.2, 0.25) is 0 Å². The van der Waals surface area contributed by atoms with Crippen molar-refractivity contribution in [1.29, 1.82) is 0 Å². The van der Waals surface area contributed by atoms with E-state index in [1.54, 1.807) is 25.1 Å². The number of nitrogens with one attached hydrogen (secondary N) is 1. The summed E-state index contributed by atoms with van der Waals surface area (Å²) >= 11 is 3.22. The number of hydrogen-bond donors (Lipinski definition) is 2. The van der Waals surface area contributed by atoms with Gasteiger partial charge in [-0.1, -0.05) is 28.1 Å². The van der Waals surface area contributed by atoms with Gasteiger partial charge in [0.15, 0.2) is 0 Å². The Balaban J connectivity index is 2.08. The number of nitrogens with zero attached hydrogens (tertiary/aromatic N) is 1. The molecule has 1 aromatic rings. The number of halogens is 1. The summed E-state index contributed by atoms with van der Waals surface area (Å²) < 4.78 is 0.644. The summed E-state index contributed by atoms with van der Waals surface area (Å²) in [6, 6.07) is 3.53. The van der Waals surface area contributed by atoms with E-state index >= 15 is 0 Å². The highest BCUT2D eigenvalue weighted by Crippen LogP contribution is 2.25. The Morgan fingerprint density at radius 3 is 2.58 bits per heavy atom. The number of imide groups is 1. The molecule has 1 atom stereocenters. The molecule has 24 heavy (non-hydrogen) atoms. The smallest absolute Gasteiger partial charge is 0.326 e. The summed E-state index contributed by atoms with van der Waals surface area (Å²) in [5.41, 5.74) is 0.436. The van der Waals surface area contributed by atoms with Crippen molar-refractivity contribution in [2.45, 2.75) is 19.4 Å². The third-order valence-corrected chi connectivity index (χ3v) is 3.97. The second-order valence-corrected chi connectivity index (χ2v) is 6.07. The van der Waals surface area contributed by atoms with Crippen LogP contribution >= 0.6 is 15.9 Å². The lowest BCUT2D eigenvalue weighted by molar-refractivity contribution is -0.141. The first-order valence-corrected chi connectivity index (χ1v) is 7.93. The Bertz CT molecular complexity index is 744. The van der Waals surface area contributed by atoms with Crippen molar-refractivity contribution in [3.8, 4) is 0 Å². The number of carboxylic acid groups (broad SMARTS) is 1. The molecule has 1 aromatic carbocycles. The summed E-state index contributed by atoms with van der Waals surface area (Å²) in [6.07, 6.45) is 3.40. The largest absolute Gasteiger partial charge is 0.480 e. The van der Waals surface area contributed by atoms with E-state index in [4.69, 9.17) is 5.11 Å². The molecule has 1 aliphatic heterocycles. The molecule has 2 N–H and O–H groups in total. The van der Waals surface area contributed by atoms with Crippen LogP contribution in [0.1, 0.15) is 34.1 Å². The number of aliphatic carboxylic acids is 1. The first kappa shape index (κ1) is 17.9. The molecule has 0 saturated carbocycles. The average Bonchev–Trinajstić information content (AvgIpc) is 2.75. The van der Waals surface area contributed by atoms with Gasteiger partial charge in [-0.3, -0.25) is 19.3 Å². The molecule has 0 fully saturated rings. The van der Waals surface area contributed by atoms with E-state index in [1.807, 2.05) is 0 Å². The Morgan fingerprint density at radius 1 is 1.29 bits per heavy atom. The maximum absolute atomic E-state index is 12.3. The maximum Gasteiger partial charge on any atom is 0.326 e. The van der Waals surface area contributed by atoms with Gasteiger partial charge in [-0.05, 0) is 31.5 Å². The number of carbonyl (C=O) groups excluding carboxylic acids is 3. The highest BCUT2D eigenvalue weighted by molar-refractivity contribution is 9.10. The molecular formula is C16H15BrN2O5. The van der Waals surface area contributed by atoms with E-state index in [0.29, 0.717) is 4.47 Å². The van der Waals surface area contributed by atoms with Crippen molar-refractivity contribution in [2.75, 3.05) is 6.54 Å². The van der Waals surface area contributed by atoms with Gasteiger partial charge in [-0.2, -0.15) is 0 Å². The van der Waals surface area contributed by atoms with Crippen molar-refractivity contribution in [3.05, 3.63) is 46.0 Å². The van der Waals surface area contributed by atoms with Crippen molar-refractivity contribution < 1.29 is 24.3 Å². The first-order chi connectivity index (χ1) is 11.3. The fourth-order valence-corrected chi connectivity index (χ4v) is 2.64. The fraction of sp³-hybridized carbons (Fsp3) is 0.250. The van der Waals surface area contributed by atoms with Gasteiger partial charge >= 0.3 is 5.97 Å². The van der Waals surface area contributed by atoms with Gasteiger partial charge in [-0.25, -0.2) is 4.79 Å². The lowest BCUT2D eigenvalue weighted by Gasteiger charge is -2.16. The van der Waals surface area contributed by atoms with E-state index in [2.05, 4.69) is 21.2 Å². The minimum absolute atomic E-state index is 0.118. The maximum atomic E-state index is 12.3. The van der Waals surface area contributed by atoms with Crippen LogP contribution in [-0.2, 0) is 9.59 Å². The van der Waals surface area contributed by atoms with Crippen LogP contribution in [-0.4, -0.2) is 46.3 Å². The number of hydrogen-bond acceptors (Lipinski definition) is 4. The number of fused-ring (bicyclic) bond motifs is 1. The third-order valence-electron chi connectivity index (χ3n) is 3.48. The van der Waals surface area contributed by atoms with Gasteiger partial charge < -0.3 is 10.4 Å². The molecule has 0 aromatic heterocycles. The van der Waals surface area contributed by atoms with Crippen molar-refractivity contribution in [2.24, 2.45) is 0 Å². The molecular weight excluding hydrogens is 380 g/mol. The van der Waals surface area contributed by atoms with Crippen molar-refractivity contribution >= 4 is 39.6 Å². The summed E-state index contributed by atoms with van der Waals surface area (Å²) in [7, 11) is 0. The zero-order chi connectivity index (χ0) is 17.9. The van der Waals surface area contributed by atoms with Crippen LogP contribution in [0, 0.1) is 0 Å². The molecule has 0 saturated heterocycles. The molecule has 0 aliphatic carbocycles. The molecule has 1 aliphatic rings. The second kappa shape index (κ2) is 7.39. The topological polar surface area (TPSA) is 104 Å². The minimum Gasteiger partial charge on any atom is -0.480 e. The van der Waals surface area contributed by atoms with Crippen molar-refractivity contribution in [3.63, 3.8) is 0 Å². The van der Waals surface area contributed by atoms with Crippen LogP contribution in [0.5, 0.6) is 0 Å². The Morgan fingerprint density at radius 2 is 1.96 bits per heavy atom. The standard InChI is InChI=1S/C16H15BrN2O5/c1-2-3-4-12(16(23)24)18-13(20)8-19-14(21)10-6-5-9(17)7-11(10)15(19)22/h2-3,5-7,12H,4,8H2,1H3,(H,18,20)(H,23,24)/b3-2+. The van der Waals surface area contributed by atoms with E-state index in [9.17, 15) is 19.2 Å². The summed E-state index contributed by atoms with van der Waals surface area (Å²) in [4.78, 5) is 48.5. The van der Waals surface area contributed by atoms with E-state index < -0.39 is 36.3 Å². The molecule has 7 nitrogen and oxygen atoms in total. The van der Waals surface area contributed by atoms with Gasteiger partial charge in [-0.15, -0.1) is 0 Å². The molecule has 2 rings (SSSR count). The quantitative estimate of drug-likeness (QED) is 0.562. The van der Waals surface area contributed by atoms with E-state index in [-0.39, 0.29) is 17.5 Å². The molecule has 0 bridgehead atoms. The van der Waals surface area contributed by atoms with Crippen LogP contribution in [0.3, 0.4) is 0 Å². The summed E-state index contributed by atoms with van der Waals surface area (Å²) in [5.74, 6) is -3.04. The molecule has 0 radical (unpaired) electrons. The molecule has 1 unspecified atom stereocenters. The number of rotatable bonds is 6. The Labute approximate surface area is 146 Å². The van der Waals surface area contributed by atoms with E-state index in [0.717, 1.165) is 4.90 Å². The highest BCUT2D eigenvalue weighted by Gasteiger charge is 2.37. The lowest BCUT2D eigenvalue weighted by Crippen LogP contribution is -2.46. The fourth-order valence-electron chi connectivity index (χ4n) is 2.28.